The highest BCUT2D eigenvalue weighted by atomic mass is 35.5. The first kappa shape index (κ1) is 15.6. The molecule has 0 amide bonds. The van der Waals surface area contributed by atoms with Crippen molar-refractivity contribution in [3.63, 3.8) is 0 Å². The number of hydrogen-bond acceptors (Lipinski definition) is 2. The maximum absolute atomic E-state index is 12.5. The highest BCUT2D eigenvalue weighted by Crippen LogP contribution is 2.32. The molecule has 0 spiro atoms. The van der Waals surface area contributed by atoms with Crippen molar-refractivity contribution in [2.24, 2.45) is 0 Å². The Morgan fingerprint density at radius 1 is 1.14 bits per heavy atom. The van der Waals surface area contributed by atoms with E-state index in [0.29, 0.717) is 6.54 Å². The Labute approximate surface area is 126 Å². The molecular formula is C15H14ClF3N2. The largest absolute Gasteiger partial charge is 0.417 e. The van der Waals surface area contributed by atoms with Gasteiger partial charge >= 0.3 is 6.18 Å². The highest BCUT2D eigenvalue weighted by Gasteiger charge is 2.31. The third-order valence-electron chi connectivity index (χ3n) is 3.06. The van der Waals surface area contributed by atoms with Crippen LogP contribution >= 0.6 is 11.6 Å². The minimum absolute atomic E-state index is 0.0463. The maximum atomic E-state index is 12.5. The summed E-state index contributed by atoms with van der Waals surface area (Å²) in [6.07, 6.45) is -2.71. The molecule has 6 heteroatoms. The highest BCUT2D eigenvalue weighted by molar-refractivity contribution is 6.32. The maximum Gasteiger partial charge on any atom is 0.417 e. The van der Waals surface area contributed by atoms with Crippen LogP contribution < -0.4 is 5.32 Å². The average molecular weight is 315 g/mol. The summed E-state index contributed by atoms with van der Waals surface area (Å²) >= 11 is 5.82. The molecule has 0 radical (unpaired) electrons. The molecule has 0 atom stereocenters. The molecule has 1 heterocycles. The first-order chi connectivity index (χ1) is 9.90. The summed E-state index contributed by atoms with van der Waals surface area (Å²) in [6, 6.07) is 8.82. The van der Waals surface area contributed by atoms with Crippen LogP contribution in [0.25, 0.3) is 0 Å². The molecule has 1 aromatic carbocycles. The SMILES string of the molecule is CCc1ccc(CNc2ncc(C(F)(F)F)cc2Cl)cc1. The second-order valence-corrected chi connectivity index (χ2v) is 4.98. The first-order valence-electron chi connectivity index (χ1n) is 6.44. The van der Waals surface area contributed by atoms with Gasteiger partial charge in [0.1, 0.15) is 5.82 Å². The molecule has 2 aromatic rings. The van der Waals surface area contributed by atoms with Crippen molar-refractivity contribution in [3.05, 3.63) is 58.2 Å². The lowest BCUT2D eigenvalue weighted by Gasteiger charge is -2.11. The molecule has 0 fully saturated rings. The zero-order valence-electron chi connectivity index (χ0n) is 11.3. The monoisotopic (exact) mass is 314 g/mol. The van der Waals surface area contributed by atoms with E-state index in [2.05, 4.69) is 17.2 Å². The van der Waals surface area contributed by atoms with Crippen molar-refractivity contribution in [2.75, 3.05) is 5.32 Å². The Morgan fingerprint density at radius 3 is 2.29 bits per heavy atom. The van der Waals surface area contributed by atoms with E-state index in [1.807, 2.05) is 24.3 Å². The summed E-state index contributed by atoms with van der Waals surface area (Å²) in [5, 5.41) is 2.89. The van der Waals surface area contributed by atoms with Gasteiger partial charge in [-0.2, -0.15) is 13.2 Å². The molecule has 2 rings (SSSR count). The lowest BCUT2D eigenvalue weighted by Crippen LogP contribution is -2.08. The molecule has 112 valence electrons. The lowest BCUT2D eigenvalue weighted by molar-refractivity contribution is -0.137. The molecule has 0 aliphatic rings. The van der Waals surface area contributed by atoms with Crippen LogP contribution in [0.5, 0.6) is 0 Å². The van der Waals surface area contributed by atoms with Gasteiger partial charge in [0.15, 0.2) is 0 Å². The van der Waals surface area contributed by atoms with Crippen LogP contribution in [-0.2, 0) is 19.1 Å². The fourth-order valence-corrected chi connectivity index (χ4v) is 2.03. The van der Waals surface area contributed by atoms with E-state index in [4.69, 9.17) is 11.6 Å². The van der Waals surface area contributed by atoms with Crippen LogP contribution in [0.2, 0.25) is 5.02 Å². The molecule has 1 N–H and O–H groups in total. The van der Waals surface area contributed by atoms with E-state index in [1.54, 1.807) is 0 Å². The summed E-state index contributed by atoms with van der Waals surface area (Å²) < 4.78 is 37.5. The third-order valence-corrected chi connectivity index (χ3v) is 3.35. The number of alkyl halides is 3. The fraction of sp³-hybridized carbons (Fsp3) is 0.267. The van der Waals surface area contributed by atoms with Gasteiger partial charge in [-0.1, -0.05) is 42.8 Å². The number of nitrogens with zero attached hydrogens (tertiary/aromatic N) is 1. The van der Waals surface area contributed by atoms with Crippen molar-refractivity contribution in [2.45, 2.75) is 26.1 Å². The van der Waals surface area contributed by atoms with Crippen LogP contribution in [0.15, 0.2) is 36.5 Å². The molecule has 0 saturated carbocycles. The quantitative estimate of drug-likeness (QED) is 0.865. The standard InChI is InChI=1S/C15H14ClF3N2/c1-2-10-3-5-11(6-4-10)8-20-14-13(16)7-12(9-21-14)15(17,18)19/h3-7,9H,2,8H2,1H3,(H,20,21). The summed E-state index contributed by atoms with van der Waals surface area (Å²) in [5.41, 5.74) is 1.37. The van der Waals surface area contributed by atoms with Crippen molar-refractivity contribution in [1.29, 1.82) is 0 Å². The van der Waals surface area contributed by atoms with Gasteiger partial charge in [0, 0.05) is 12.7 Å². The molecule has 0 aliphatic carbocycles. The predicted octanol–water partition coefficient (Wildman–Crippen LogP) is 4.93. The molecular weight excluding hydrogens is 301 g/mol. The van der Waals surface area contributed by atoms with E-state index in [9.17, 15) is 13.2 Å². The van der Waals surface area contributed by atoms with E-state index in [-0.39, 0.29) is 10.8 Å². The van der Waals surface area contributed by atoms with Gasteiger partial charge in [0.25, 0.3) is 0 Å². The fourth-order valence-electron chi connectivity index (χ4n) is 1.80. The summed E-state index contributed by atoms with van der Waals surface area (Å²) in [4.78, 5) is 3.73. The van der Waals surface area contributed by atoms with Gasteiger partial charge in [-0.05, 0) is 23.6 Å². The minimum atomic E-state index is -4.44. The van der Waals surface area contributed by atoms with Gasteiger partial charge in [-0.15, -0.1) is 0 Å². The van der Waals surface area contributed by atoms with Gasteiger partial charge in [-0.25, -0.2) is 4.98 Å². The number of benzene rings is 1. The third kappa shape index (κ3) is 4.11. The van der Waals surface area contributed by atoms with Crippen molar-refractivity contribution in [3.8, 4) is 0 Å². The van der Waals surface area contributed by atoms with Crippen LogP contribution in [-0.4, -0.2) is 4.98 Å². The topological polar surface area (TPSA) is 24.9 Å². The number of aryl methyl sites for hydroxylation is 1. The molecule has 2 nitrogen and oxygen atoms in total. The second kappa shape index (κ2) is 6.35. The summed E-state index contributed by atoms with van der Waals surface area (Å²) in [5.74, 6) is 0.240. The Bertz CT molecular complexity index is 609. The van der Waals surface area contributed by atoms with Crippen molar-refractivity contribution in [1.82, 2.24) is 4.98 Å². The van der Waals surface area contributed by atoms with Crippen LogP contribution in [0.4, 0.5) is 19.0 Å². The number of anilines is 1. The first-order valence-corrected chi connectivity index (χ1v) is 6.82. The molecule has 0 unspecified atom stereocenters. The number of rotatable bonds is 4. The Balaban J connectivity index is 2.06. The van der Waals surface area contributed by atoms with Crippen LogP contribution in [0, 0.1) is 0 Å². The number of halogens is 4. The summed E-state index contributed by atoms with van der Waals surface area (Å²) in [7, 11) is 0. The van der Waals surface area contributed by atoms with Crippen LogP contribution in [0.3, 0.4) is 0 Å². The normalized spacial score (nSPS) is 11.5. The molecule has 1 aromatic heterocycles. The number of nitrogens with one attached hydrogen (secondary N) is 1. The van der Waals surface area contributed by atoms with Gasteiger partial charge in [-0.3, -0.25) is 0 Å². The Kier molecular flexibility index (Phi) is 4.73. The molecule has 0 saturated heterocycles. The van der Waals surface area contributed by atoms with Gasteiger partial charge in [0.2, 0.25) is 0 Å². The zero-order chi connectivity index (χ0) is 15.5. The lowest BCUT2D eigenvalue weighted by atomic mass is 10.1. The average Bonchev–Trinajstić information content (AvgIpc) is 2.45. The van der Waals surface area contributed by atoms with E-state index >= 15 is 0 Å². The van der Waals surface area contributed by atoms with Crippen molar-refractivity contribution < 1.29 is 13.2 Å². The number of pyridine rings is 1. The minimum Gasteiger partial charge on any atom is -0.365 e. The van der Waals surface area contributed by atoms with Crippen molar-refractivity contribution >= 4 is 17.4 Å². The van der Waals surface area contributed by atoms with E-state index in [0.717, 1.165) is 24.2 Å². The van der Waals surface area contributed by atoms with Gasteiger partial charge in [0.05, 0.1) is 10.6 Å². The Morgan fingerprint density at radius 2 is 1.76 bits per heavy atom. The van der Waals surface area contributed by atoms with E-state index in [1.165, 1.54) is 5.56 Å². The predicted molar refractivity (Wildman–Crippen MR) is 77.4 cm³/mol. The zero-order valence-corrected chi connectivity index (χ0v) is 12.1. The molecule has 0 aliphatic heterocycles. The van der Waals surface area contributed by atoms with Gasteiger partial charge < -0.3 is 5.32 Å². The number of hydrogen-bond donors (Lipinski definition) is 1. The molecule has 0 bridgehead atoms. The Hall–Kier alpha value is -1.75. The molecule has 21 heavy (non-hydrogen) atoms. The van der Waals surface area contributed by atoms with E-state index < -0.39 is 11.7 Å². The number of aromatic nitrogens is 1. The van der Waals surface area contributed by atoms with Crippen LogP contribution in [0.1, 0.15) is 23.6 Å². The summed E-state index contributed by atoms with van der Waals surface area (Å²) in [6.45, 7) is 2.52. The second-order valence-electron chi connectivity index (χ2n) is 4.58. The smallest absolute Gasteiger partial charge is 0.365 e.